The summed E-state index contributed by atoms with van der Waals surface area (Å²) < 4.78 is 5.58. The van der Waals surface area contributed by atoms with Gasteiger partial charge in [0, 0.05) is 24.0 Å². The Morgan fingerprint density at radius 3 is 2.65 bits per heavy atom. The maximum Gasteiger partial charge on any atom is 0.0959 e. The van der Waals surface area contributed by atoms with Crippen LogP contribution >= 0.6 is 11.3 Å². The van der Waals surface area contributed by atoms with Crippen LogP contribution in [0.2, 0.25) is 0 Å². The Morgan fingerprint density at radius 1 is 1.30 bits per heavy atom. The molecule has 0 radical (unpaired) electrons. The van der Waals surface area contributed by atoms with Gasteiger partial charge in [0.2, 0.25) is 0 Å². The number of nitrogens with zero attached hydrogens (tertiary/aromatic N) is 1. The summed E-state index contributed by atoms with van der Waals surface area (Å²) in [5, 5.41) is 13.3. The standard InChI is InChI=1S/C16H21NO2S/c1-4-19-16(2,3)14(18)10-15-17-13(11-20-15)12-8-6-5-7-9-12/h5-9,11,14,18H,4,10H2,1-3H3. The Bertz CT molecular complexity index is 536. The summed E-state index contributed by atoms with van der Waals surface area (Å²) in [7, 11) is 0. The SMILES string of the molecule is CCOC(C)(C)C(O)Cc1nc(-c2ccccc2)cs1. The third kappa shape index (κ3) is 3.66. The Kier molecular flexibility index (Phi) is 4.91. The minimum Gasteiger partial charge on any atom is -0.390 e. The van der Waals surface area contributed by atoms with E-state index in [1.54, 1.807) is 11.3 Å². The van der Waals surface area contributed by atoms with Gasteiger partial charge >= 0.3 is 0 Å². The number of aliphatic hydroxyl groups excluding tert-OH is 1. The lowest BCUT2D eigenvalue weighted by molar-refractivity contribution is -0.0955. The Balaban J connectivity index is 2.07. The number of hydrogen-bond acceptors (Lipinski definition) is 4. The van der Waals surface area contributed by atoms with Gasteiger partial charge in [0.15, 0.2) is 0 Å². The first-order valence-corrected chi connectivity index (χ1v) is 7.72. The van der Waals surface area contributed by atoms with Gasteiger partial charge in [-0.2, -0.15) is 0 Å². The average molecular weight is 291 g/mol. The maximum atomic E-state index is 10.3. The van der Waals surface area contributed by atoms with Crippen molar-refractivity contribution in [2.24, 2.45) is 0 Å². The molecule has 0 saturated heterocycles. The van der Waals surface area contributed by atoms with Crippen LogP contribution < -0.4 is 0 Å². The average Bonchev–Trinajstić information content (AvgIpc) is 2.88. The summed E-state index contributed by atoms with van der Waals surface area (Å²) in [5.41, 5.74) is 1.52. The highest BCUT2D eigenvalue weighted by molar-refractivity contribution is 7.09. The van der Waals surface area contributed by atoms with Crippen LogP contribution in [0.15, 0.2) is 35.7 Å². The Labute approximate surface area is 124 Å². The van der Waals surface area contributed by atoms with Crippen LogP contribution in [0.25, 0.3) is 11.3 Å². The molecule has 0 spiro atoms. The van der Waals surface area contributed by atoms with Crippen molar-refractivity contribution < 1.29 is 9.84 Å². The summed E-state index contributed by atoms with van der Waals surface area (Å²) in [5.74, 6) is 0. The molecule has 1 aromatic heterocycles. The van der Waals surface area contributed by atoms with Gasteiger partial charge in [0.05, 0.1) is 22.4 Å². The molecule has 0 saturated carbocycles. The third-order valence-corrected chi connectivity index (χ3v) is 4.18. The second-order valence-electron chi connectivity index (χ2n) is 5.25. The van der Waals surface area contributed by atoms with Crippen molar-refractivity contribution in [3.63, 3.8) is 0 Å². The van der Waals surface area contributed by atoms with Gasteiger partial charge in [0.25, 0.3) is 0 Å². The first-order chi connectivity index (χ1) is 9.53. The van der Waals surface area contributed by atoms with Gasteiger partial charge in [-0.15, -0.1) is 11.3 Å². The molecule has 0 aliphatic heterocycles. The van der Waals surface area contributed by atoms with Crippen LogP contribution in [0.5, 0.6) is 0 Å². The number of hydrogen-bond donors (Lipinski definition) is 1. The lowest BCUT2D eigenvalue weighted by atomic mass is 9.99. The molecule has 108 valence electrons. The number of rotatable bonds is 6. The molecule has 1 aromatic carbocycles. The van der Waals surface area contributed by atoms with E-state index in [2.05, 4.69) is 4.98 Å². The molecule has 0 aliphatic carbocycles. The van der Waals surface area contributed by atoms with Crippen molar-refractivity contribution in [1.82, 2.24) is 4.98 Å². The largest absolute Gasteiger partial charge is 0.390 e. The van der Waals surface area contributed by atoms with Crippen molar-refractivity contribution in [3.05, 3.63) is 40.7 Å². The molecule has 20 heavy (non-hydrogen) atoms. The van der Waals surface area contributed by atoms with E-state index in [4.69, 9.17) is 4.74 Å². The van der Waals surface area contributed by atoms with Crippen LogP contribution in [0.3, 0.4) is 0 Å². The minimum absolute atomic E-state index is 0.518. The van der Waals surface area contributed by atoms with Crippen LogP contribution in [-0.4, -0.2) is 28.4 Å². The highest BCUT2D eigenvalue weighted by Gasteiger charge is 2.29. The number of thiazole rings is 1. The number of ether oxygens (including phenoxy) is 1. The fourth-order valence-electron chi connectivity index (χ4n) is 2.03. The molecule has 1 N–H and O–H groups in total. The van der Waals surface area contributed by atoms with Crippen molar-refractivity contribution in [3.8, 4) is 11.3 Å². The smallest absolute Gasteiger partial charge is 0.0959 e. The van der Waals surface area contributed by atoms with Gasteiger partial charge < -0.3 is 9.84 Å². The Hall–Kier alpha value is -1.23. The van der Waals surface area contributed by atoms with Crippen LogP contribution in [0.1, 0.15) is 25.8 Å². The molecule has 2 aromatic rings. The molecule has 4 heteroatoms. The molecule has 0 fully saturated rings. The maximum absolute atomic E-state index is 10.3. The topological polar surface area (TPSA) is 42.4 Å². The molecule has 3 nitrogen and oxygen atoms in total. The first-order valence-electron chi connectivity index (χ1n) is 6.84. The third-order valence-electron chi connectivity index (χ3n) is 3.31. The minimum atomic E-state index is -0.558. The molecular weight excluding hydrogens is 270 g/mol. The Morgan fingerprint density at radius 2 is 2.00 bits per heavy atom. The first kappa shape index (κ1) is 15.2. The van der Waals surface area contributed by atoms with E-state index >= 15 is 0 Å². The van der Waals surface area contributed by atoms with Gasteiger partial charge in [-0.1, -0.05) is 30.3 Å². The highest BCUT2D eigenvalue weighted by Crippen LogP contribution is 2.25. The van der Waals surface area contributed by atoms with Crippen LogP contribution in [0, 0.1) is 0 Å². The predicted molar refractivity (Wildman–Crippen MR) is 83.0 cm³/mol. The summed E-state index contributed by atoms with van der Waals surface area (Å²) >= 11 is 1.58. The van der Waals surface area contributed by atoms with Crippen LogP contribution in [0.4, 0.5) is 0 Å². The highest BCUT2D eigenvalue weighted by atomic mass is 32.1. The second kappa shape index (κ2) is 6.48. The number of aliphatic hydroxyl groups is 1. The van der Waals surface area contributed by atoms with Crippen LogP contribution in [-0.2, 0) is 11.2 Å². The van der Waals surface area contributed by atoms with E-state index in [-0.39, 0.29) is 0 Å². The van der Waals surface area contributed by atoms with Gasteiger partial charge in [0.1, 0.15) is 0 Å². The van der Waals surface area contributed by atoms with Gasteiger partial charge in [-0.05, 0) is 20.8 Å². The zero-order valence-electron chi connectivity index (χ0n) is 12.2. The van der Waals surface area contributed by atoms with E-state index in [1.807, 2.05) is 56.5 Å². The zero-order valence-corrected chi connectivity index (χ0v) is 13.0. The van der Waals surface area contributed by atoms with Gasteiger partial charge in [-0.3, -0.25) is 0 Å². The van der Waals surface area contributed by atoms with E-state index in [0.29, 0.717) is 13.0 Å². The monoisotopic (exact) mass is 291 g/mol. The summed E-state index contributed by atoms with van der Waals surface area (Å²) in [6.07, 6.45) is -0.0398. The van der Waals surface area contributed by atoms with Crippen molar-refractivity contribution >= 4 is 11.3 Å². The lowest BCUT2D eigenvalue weighted by Crippen LogP contribution is -2.40. The fourth-order valence-corrected chi connectivity index (χ4v) is 2.87. The molecule has 0 bridgehead atoms. The fraction of sp³-hybridized carbons (Fsp3) is 0.438. The zero-order chi connectivity index (χ0) is 14.6. The van der Waals surface area contributed by atoms with E-state index in [0.717, 1.165) is 16.3 Å². The quantitative estimate of drug-likeness (QED) is 0.885. The second-order valence-corrected chi connectivity index (χ2v) is 6.19. The predicted octanol–water partition coefficient (Wildman–Crippen LogP) is 3.53. The van der Waals surface area contributed by atoms with Crippen molar-refractivity contribution in [1.29, 1.82) is 0 Å². The normalized spacial score (nSPS) is 13.4. The van der Waals surface area contributed by atoms with E-state index in [1.165, 1.54) is 0 Å². The molecular formula is C16H21NO2S. The molecule has 1 heterocycles. The molecule has 1 unspecified atom stereocenters. The number of aromatic nitrogens is 1. The summed E-state index contributed by atoms with van der Waals surface area (Å²) in [6.45, 7) is 6.35. The summed E-state index contributed by atoms with van der Waals surface area (Å²) in [6, 6.07) is 10.1. The number of benzene rings is 1. The van der Waals surface area contributed by atoms with Crippen molar-refractivity contribution in [2.45, 2.75) is 38.9 Å². The molecule has 2 rings (SSSR count). The molecule has 0 amide bonds. The van der Waals surface area contributed by atoms with E-state index < -0.39 is 11.7 Å². The van der Waals surface area contributed by atoms with Crippen molar-refractivity contribution in [2.75, 3.05) is 6.61 Å². The molecule has 1 atom stereocenters. The van der Waals surface area contributed by atoms with E-state index in [9.17, 15) is 5.11 Å². The summed E-state index contributed by atoms with van der Waals surface area (Å²) in [4.78, 5) is 4.60. The lowest BCUT2D eigenvalue weighted by Gasteiger charge is -2.29. The molecule has 0 aliphatic rings. The van der Waals surface area contributed by atoms with Gasteiger partial charge in [-0.25, -0.2) is 4.98 Å².